The van der Waals surface area contributed by atoms with Gasteiger partial charge in [-0.25, -0.2) is 8.78 Å². The van der Waals surface area contributed by atoms with Gasteiger partial charge in [0.25, 0.3) is 0 Å². The molecule has 0 aliphatic heterocycles. The van der Waals surface area contributed by atoms with Crippen LogP contribution in [-0.4, -0.2) is 0 Å². The number of rotatable bonds is 3. The highest BCUT2D eigenvalue weighted by molar-refractivity contribution is 6.20. The molecule has 2 saturated carbocycles. The Balaban J connectivity index is 1.73. The molecule has 0 nitrogen and oxygen atoms in total. The molecule has 3 rings (SSSR count). The molecule has 1 aromatic carbocycles. The van der Waals surface area contributed by atoms with Gasteiger partial charge in [-0.3, -0.25) is 0 Å². The molecule has 2 aliphatic rings. The molecule has 2 fully saturated rings. The number of halogens is 3. The van der Waals surface area contributed by atoms with Gasteiger partial charge < -0.3 is 0 Å². The lowest BCUT2D eigenvalue weighted by Gasteiger charge is -2.24. The van der Waals surface area contributed by atoms with Crippen LogP contribution in [0, 0.1) is 36.3 Å². The summed E-state index contributed by atoms with van der Waals surface area (Å²) in [5.41, 5.74) is 0.664. The zero-order chi connectivity index (χ0) is 13.6. The third-order valence-corrected chi connectivity index (χ3v) is 5.42. The van der Waals surface area contributed by atoms with Gasteiger partial charge in [0.2, 0.25) is 0 Å². The van der Waals surface area contributed by atoms with Crippen molar-refractivity contribution < 1.29 is 8.78 Å². The Hall–Kier alpha value is -0.630. The van der Waals surface area contributed by atoms with E-state index in [0.717, 1.165) is 18.3 Å². The Morgan fingerprint density at radius 2 is 2.00 bits per heavy atom. The maximum Gasteiger partial charge on any atom is 0.128 e. The fourth-order valence-electron chi connectivity index (χ4n) is 3.96. The molecule has 4 atom stereocenters. The van der Waals surface area contributed by atoms with E-state index < -0.39 is 5.38 Å². The van der Waals surface area contributed by atoms with Crippen molar-refractivity contribution in [2.45, 2.75) is 44.4 Å². The minimum Gasteiger partial charge on any atom is -0.207 e. The SMILES string of the molecule is Cc1cc(F)c(C(Cl)CC2CC3CCC2C3)cc1F. The Kier molecular flexibility index (Phi) is 3.55. The third-order valence-electron chi connectivity index (χ3n) is 5.01. The number of hydrogen-bond acceptors (Lipinski definition) is 0. The topological polar surface area (TPSA) is 0 Å². The Morgan fingerprint density at radius 1 is 1.21 bits per heavy atom. The van der Waals surface area contributed by atoms with Crippen molar-refractivity contribution in [1.29, 1.82) is 0 Å². The van der Waals surface area contributed by atoms with Crippen LogP contribution >= 0.6 is 11.6 Å². The van der Waals surface area contributed by atoms with E-state index >= 15 is 0 Å². The molecule has 0 heterocycles. The molecule has 4 unspecified atom stereocenters. The molecule has 2 aliphatic carbocycles. The van der Waals surface area contributed by atoms with Crippen LogP contribution in [0.15, 0.2) is 12.1 Å². The quantitative estimate of drug-likeness (QED) is 0.654. The molecule has 1 aromatic rings. The Morgan fingerprint density at radius 3 is 2.63 bits per heavy atom. The second kappa shape index (κ2) is 5.05. The Bertz CT molecular complexity index is 486. The molecule has 0 radical (unpaired) electrons. The number of hydrogen-bond donors (Lipinski definition) is 0. The smallest absolute Gasteiger partial charge is 0.128 e. The van der Waals surface area contributed by atoms with Crippen molar-refractivity contribution in [2.75, 3.05) is 0 Å². The van der Waals surface area contributed by atoms with E-state index in [0.29, 0.717) is 17.0 Å². The first-order valence-electron chi connectivity index (χ1n) is 7.14. The first-order valence-corrected chi connectivity index (χ1v) is 7.58. The predicted octanol–water partition coefficient (Wildman–Crippen LogP) is 5.38. The van der Waals surface area contributed by atoms with E-state index in [1.807, 2.05) is 0 Å². The molecule has 19 heavy (non-hydrogen) atoms. The van der Waals surface area contributed by atoms with Crippen LogP contribution < -0.4 is 0 Å². The van der Waals surface area contributed by atoms with Crippen molar-refractivity contribution >= 4 is 11.6 Å². The highest BCUT2D eigenvalue weighted by Crippen LogP contribution is 2.51. The van der Waals surface area contributed by atoms with Gasteiger partial charge in [0.05, 0.1) is 5.38 Å². The fraction of sp³-hybridized carbons (Fsp3) is 0.625. The van der Waals surface area contributed by atoms with Crippen LogP contribution in [-0.2, 0) is 0 Å². The summed E-state index contributed by atoms with van der Waals surface area (Å²) < 4.78 is 27.4. The third kappa shape index (κ3) is 2.52. The monoisotopic (exact) mass is 284 g/mol. The second-order valence-corrected chi connectivity index (χ2v) is 6.79. The molecule has 0 N–H and O–H groups in total. The molecule has 0 amide bonds. The summed E-state index contributed by atoms with van der Waals surface area (Å²) in [7, 11) is 0. The van der Waals surface area contributed by atoms with Crippen LogP contribution in [0.25, 0.3) is 0 Å². The number of fused-ring (bicyclic) bond motifs is 2. The van der Waals surface area contributed by atoms with Gasteiger partial charge in [0, 0.05) is 5.56 Å². The van der Waals surface area contributed by atoms with Gasteiger partial charge in [-0.15, -0.1) is 11.6 Å². The summed E-state index contributed by atoms with van der Waals surface area (Å²) in [5.74, 6) is 1.49. The van der Waals surface area contributed by atoms with Crippen molar-refractivity contribution in [1.82, 2.24) is 0 Å². The second-order valence-electron chi connectivity index (χ2n) is 6.26. The van der Waals surface area contributed by atoms with Gasteiger partial charge in [-0.05, 0) is 68.1 Å². The van der Waals surface area contributed by atoms with Crippen molar-refractivity contribution in [2.24, 2.45) is 17.8 Å². The first-order chi connectivity index (χ1) is 9.04. The van der Waals surface area contributed by atoms with Crippen LogP contribution in [0.2, 0.25) is 0 Å². The normalized spacial score (nSPS) is 30.8. The zero-order valence-corrected chi connectivity index (χ0v) is 11.9. The van der Waals surface area contributed by atoms with Crippen LogP contribution in [0.4, 0.5) is 8.78 Å². The van der Waals surface area contributed by atoms with Crippen molar-refractivity contribution in [3.63, 3.8) is 0 Å². The maximum absolute atomic E-state index is 13.9. The number of alkyl halides is 1. The summed E-state index contributed by atoms with van der Waals surface area (Å²) in [6.07, 6.45) is 5.97. The van der Waals surface area contributed by atoms with Crippen LogP contribution in [0.1, 0.15) is 48.6 Å². The summed E-state index contributed by atoms with van der Waals surface area (Å²) in [6, 6.07) is 2.52. The van der Waals surface area contributed by atoms with Crippen molar-refractivity contribution in [3.8, 4) is 0 Å². The number of aryl methyl sites for hydroxylation is 1. The van der Waals surface area contributed by atoms with Crippen LogP contribution in [0.5, 0.6) is 0 Å². The zero-order valence-electron chi connectivity index (χ0n) is 11.1. The minimum atomic E-state index is -0.403. The maximum atomic E-state index is 13.9. The van der Waals surface area contributed by atoms with E-state index in [1.54, 1.807) is 6.92 Å². The van der Waals surface area contributed by atoms with E-state index in [-0.39, 0.29) is 11.6 Å². The van der Waals surface area contributed by atoms with E-state index in [9.17, 15) is 8.78 Å². The van der Waals surface area contributed by atoms with Crippen molar-refractivity contribution in [3.05, 3.63) is 34.9 Å². The summed E-state index contributed by atoms with van der Waals surface area (Å²) in [4.78, 5) is 0. The summed E-state index contributed by atoms with van der Waals surface area (Å²) in [5, 5.41) is -0.403. The van der Waals surface area contributed by atoms with E-state index in [2.05, 4.69) is 0 Å². The summed E-state index contributed by atoms with van der Waals surface area (Å²) in [6.45, 7) is 1.57. The molecule has 2 bridgehead atoms. The molecular weight excluding hydrogens is 266 g/mol. The largest absolute Gasteiger partial charge is 0.207 e. The predicted molar refractivity (Wildman–Crippen MR) is 73.2 cm³/mol. The van der Waals surface area contributed by atoms with Gasteiger partial charge in [-0.1, -0.05) is 6.42 Å². The Labute approximate surface area is 118 Å². The molecule has 0 aromatic heterocycles. The lowest BCUT2D eigenvalue weighted by molar-refractivity contribution is 0.310. The first kappa shape index (κ1) is 13.4. The highest BCUT2D eigenvalue weighted by atomic mass is 35.5. The lowest BCUT2D eigenvalue weighted by atomic mass is 9.84. The van der Waals surface area contributed by atoms with Crippen LogP contribution in [0.3, 0.4) is 0 Å². The van der Waals surface area contributed by atoms with E-state index in [1.165, 1.54) is 37.8 Å². The molecule has 104 valence electrons. The van der Waals surface area contributed by atoms with Gasteiger partial charge in [0.1, 0.15) is 11.6 Å². The lowest BCUT2D eigenvalue weighted by Crippen LogP contribution is -2.13. The van der Waals surface area contributed by atoms with Gasteiger partial charge in [0.15, 0.2) is 0 Å². The summed E-state index contributed by atoms with van der Waals surface area (Å²) >= 11 is 6.35. The van der Waals surface area contributed by atoms with Gasteiger partial charge >= 0.3 is 0 Å². The molecular formula is C16H19ClF2. The fourth-order valence-corrected chi connectivity index (χ4v) is 4.36. The minimum absolute atomic E-state index is 0.326. The molecule has 3 heteroatoms. The molecule has 0 spiro atoms. The van der Waals surface area contributed by atoms with Gasteiger partial charge in [-0.2, -0.15) is 0 Å². The highest BCUT2D eigenvalue weighted by Gasteiger charge is 2.40. The molecule has 0 saturated heterocycles. The number of benzene rings is 1. The standard InChI is InChI=1S/C16H19ClF2/c1-9-4-16(19)13(8-15(9)18)14(17)7-12-6-10-2-3-11(12)5-10/h4,8,10-12,14H,2-3,5-7H2,1H3. The average molecular weight is 285 g/mol. The van der Waals surface area contributed by atoms with E-state index in [4.69, 9.17) is 11.6 Å². The average Bonchev–Trinajstić information content (AvgIpc) is 2.95.